The van der Waals surface area contributed by atoms with Gasteiger partial charge in [-0.05, 0) is 29.8 Å². The van der Waals surface area contributed by atoms with Gasteiger partial charge in [-0.3, -0.25) is 4.79 Å². The molecule has 3 heterocycles. The summed E-state index contributed by atoms with van der Waals surface area (Å²) in [5.74, 6) is 0.743. The minimum absolute atomic E-state index is 0.191. The SMILES string of the molecule is O=C(NCc1ccccc1)c1cccc(-c2ccc(N3CCOCC3)nc2)n1. The molecule has 1 fully saturated rings. The summed E-state index contributed by atoms with van der Waals surface area (Å²) in [5, 5.41) is 2.91. The lowest BCUT2D eigenvalue weighted by Crippen LogP contribution is -2.36. The number of hydrogen-bond donors (Lipinski definition) is 1. The number of rotatable bonds is 5. The Bertz CT molecular complexity index is 923. The number of pyridine rings is 2. The molecule has 0 aliphatic carbocycles. The molecule has 0 radical (unpaired) electrons. The maximum Gasteiger partial charge on any atom is 0.270 e. The number of benzene rings is 1. The van der Waals surface area contributed by atoms with Gasteiger partial charge in [0.1, 0.15) is 11.5 Å². The first kappa shape index (κ1) is 18.1. The standard InChI is InChI=1S/C22H22N4O2/c27-22(24-15-17-5-2-1-3-6-17)20-8-4-7-19(25-20)18-9-10-21(23-16-18)26-11-13-28-14-12-26/h1-10,16H,11-15H2,(H,24,27). The van der Waals surface area contributed by atoms with Crippen molar-refractivity contribution in [1.82, 2.24) is 15.3 Å². The van der Waals surface area contributed by atoms with Gasteiger partial charge < -0.3 is 15.0 Å². The molecule has 142 valence electrons. The molecule has 1 aromatic carbocycles. The predicted octanol–water partition coefficient (Wildman–Crippen LogP) is 2.91. The van der Waals surface area contributed by atoms with Gasteiger partial charge in [-0.15, -0.1) is 0 Å². The van der Waals surface area contributed by atoms with Crippen LogP contribution in [0, 0.1) is 0 Å². The van der Waals surface area contributed by atoms with E-state index < -0.39 is 0 Å². The van der Waals surface area contributed by atoms with Gasteiger partial charge >= 0.3 is 0 Å². The number of aromatic nitrogens is 2. The number of nitrogens with one attached hydrogen (secondary N) is 1. The van der Waals surface area contributed by atoms with Crippen LogP contribution in [0.25, 0.3) is 11.3 Å². The van der Waals surface area contributed by atoms with Crippen LogP contribution >= 0.6 is 0 Å². The number of amides is 1. The number of morpholine rings is 1. The van der Waals surface area contributed by atoms with E-state index in [1.54, 1.807) is 12.3 Å². The summed E-state index contributed by atoms with van der Waals surface area (Å²) in [6, 6.07) is 19.2. The van der Waals surface area contributed by atoms with E-state index >= 15 is 0 Å². The number of anilines is 1. The monoisotopic (exact) mass is 374 g/mol. The van der Waals surface area contributed by atoms with E-state index in [0.717, 1.165) is 48.9 Å². The van der Waals surface area contributed by atoms with Gasteiger partial charge in [-0.1, -0.05) is 36.4 Å². The lowest BCUT2D eigenvalue weighted by atomic mass is 10.1. The zero-order valence-electron chi connectivity index (χ0n) is 15.5. The van der Waals surface area contributed by atoms with Crippen LogP contribution in [0.5, 0.6) is 0 Å². The molecule has 4 rings (SSSR count). The van der Waals surface area contributed by atoms with E-state index in [0.29, 0.717) is 12.2 Å². The van der Waals surface area contributed by atoms with Crippen LogP contribution < -0.4 is 10.2 Å². The molecule has 0 bridgehead atoms. The maximum absolute atomic E-state index is 12.5. The first-order valence-corrected chi connectivity index (χ1v) is 9.38. The zero-order chi connectivity index (χ0) is 19.2. The van der Waals surface area contributed by atoms with E-state index in [9.17, 15) is 4.79 Å². The van der Waals surface area contributed by atoms with Crippen molar-refractivity contribution in [3.8, 4) is 11.3 Å². The van der Waals surface area contributed by atoms with Crippen LogP contribution in [0.2, 0.25) is 0 Å². The van der Waals surface area contributed by atoms with Crippen molar-refractivity contribution in [1.29, 1.82) is 0 Å². The van der Waals surface area contributed by atoms with Gasteiger partial charge in [0.05, 0.1) is 18.9 Å². The van der Waals surface area contributed by atoms with Crippen LogP contribution in [-0.4, -0.2) is 42.2 Å². The first-order valence-electron chi connectivity index (χ1n) is 9.38. The highest BCUT2D eigenvalue weighted by Crippen LogP contribution is 2.20. The Morgan fingerprint density at radius 1 is 1.00 bits per heavy atom. The summed E-state index contributed by atoms with van der Waals surface area (Å²) in [6.07, 6.45) is 1.80. The largest absolute Gasteiger partial charge is 0.378 e. The third kappa shape index (κ3) is 4.35. The van der Waals surface area contributed by atoms with Gasteiger partial charge in [0.2, 0.25) is 0 Å². The van der Waals surface area contributed by atoms with Crippen molar-refractivity contribution in [2.45, 2.75) is 6.54 Å². The molecule has 6 heteroatoms. The molecule has 6 nitrogen and oxygen atoms in total. The van der Waals surface area contributed by atoms with E-state index in [-0.39, 0.29) is 5.91 Å². The molecule has 1 amide bonds. The van der Waals surface area contributed by atoms with Crippen molar-refractivity contribution in [3.05, 3.63) is 78.1 Å². The third-order valence-corrected chi connectivity index (χ3v) is 4.66. The maximum atomic E-state index is 12.5. The molecule has 1 aliphatic rings. The smallest absolute Gasteiger partial charge is 0.270 e. The Balaban J connectivity index is 1.44. The van der Waals surface area contributed by atoms with Crippen molar-refractivity contribution in [3.63, 3.8) is 0 Å². The van der Waals surface area contributed by atoms with Crippen molar-refractivity contribution in [2.75, 3.05) is 31.2 Å². The van der Waals surface area contributed by atoms with Crippen LogP contribution in [0.3, 0.4) is 0 Å². The average Bonchev–Trinajstić information content (AvgIpc) is 2.79. The summed E-state index contributed by atoms with van der Waals surface area (Å²) in [4.78, 5) is 23.7. The van der Waals surface area contributed by atoms with Crippen LogP contribution in [0.1, 0.15) is 16.1 Å². The fourth-order valence-electron chi connectivity index (χ4n) is 3.11. The molecule has 1 saturated heterocycles. The fourth-order valence-corrected chi connectivity index (χ4v) is 3.11. The Morgan fingerprint density at radius 3 is 2.57 bits per heavy atom. The molecular formula is C22H22N4O2. The second-order valence-electron chi connectivity index (χ2n) is 6.58. The highest BCUT2D eigenvalue weighted by molar-refractivity contribution is 5.92. The predicted molar refractivity (Wildman–Crippen MR) is 108 cm³/mol. The van der Waals surface area contributed by atoms with Crippen molar-refractivity contribution >= 4 is 11.7 Å². The summed E-state index contributed by atoms with van der Waals surface area (Å²) < 4.78 is 5.38. The summed E-state index contributed by atoms with van der Waals surface area (Å²) in [7, 11) is 0. The second kappa shape index (κ2) is 8.63. The van der Waals surface area contributed by atoms with Crippen LogP contribution in [0.4, 0.5) is 5.82 Å². The number of carbonyl (C=O) groups excluding carboxylic acids is 1. The summed E-state index contributed by atoms with van der Waals surface area (Å²) >= 11 is 0. The molecule has 0 saturated carbocycles. The van der Waals surface area contributed by atoms with Gasteiger partial charge in [-0.25, -0.2) is 9.97 Å². The molecule has 28 heavy (non-hydrogen) atoms. The van der Waals surface area contributed by atoms with E-state index in [2.05, 4.69) is 20.2 Å². The van der Waals surface area contributed by atoms with E-state index in [4.69, 9.17) is 4.74 Å². The van der Waals surface area contributed by atoms with Gasteiger partial charge in [0.25, 0.3) is 5.91 Å². The quantitative estimate of drug-likeness (QED) is 0.744. The Labute approximate surface area is 164 Å². The van der Waals surface area contributed by atoms with E-state index in [1.807, 2.05) is 54.6 Å². The summed E-state index contributed by atoms with van der Waals surface area (Å²) in [6.45, 7) is 3.63. The van der Waals surface area contributed by atoms with Gasteiger partial charge in [0.15, 0.2) is 0 Å². The normalized spacial score (nSPS) is 13.9. The molecule has 0 atom stereocenters. The van der Waals surface area contributed by atoms with Gasteiger partial charge in [0, 0.05) is 31.4 Å². The van der Waals surface area contributed by atoms with Crippen molar-refractivity contribution in [2.24, 2.45) is 0 Å². The molecule has 2 aromatic heterocycles. The topological polar surface area (TPSA) is 67.4 Å². The molecule has 1 aliphatic heterocycles. The number of nitrogens with zero attached hydrogens (tertiary/aromatic N) is 3. The molecule has 0 unspecified atom stereocenters. The Kier molecular flexibility index (Phi) is 5.58. The third-order valence-electron chi connectivity index (χ3n) is 4.66. The molecule has 0 spiro atoms. The van der Waals surface area contributed by atoms with Crippen LogP contribution in [0.15, 0.2) is 66.9 Å². The molecule has 1 N–H and O–H groups in total. The Hall–Kier alpha value is -3.25. The Morgan fingerprint density at radius 2 is 1.82 bits per heavy atom. The van der Waals surface area contributed by atoms with Gasteiger partial charge in [-0.2, -0.15) is 0 Å². The lowest BCUT2D eigenvalue weighted by molar-refractivity contribution is 0.0946. The van der Waals surface area contributed by atoms with E-state index in [1.165, 1.54) is 0 Å². The minimum Gasteiger partial charge on any atom is -0.378 e. The van der Waals surface area contributed by atoms with Crippen molar-refractivity contribution < 1.29 is 9.53 Å². The number of carbonyl (C=O) groups is 1. The lowest BCUT2D eigenvalue weighted by Gasteiger charge is -2.27. The highest BCUT2D eigenvalue weighted by Gasteiger charge is 2.13. The molecular weight excluding hydrogens is 352 g/mol. The highest BCUT2D eigenvalue weighted by atomic mass is 16.5. The molecule has 3 aromatic rings. The number of ether oxygens (including phenoxy) is 1. The summed E-state index contributed by atoms with van der Waals surface area (Å²) in [5.41, 5.74) is 3.06. The average molecular weight is 374 g/mol. The first-order chi connectivity index (χ1) is 13.8. The fraction of sp³-hybridized carbons (Fsp3) is 0.227. The second-order valence-corrected chi connectivity index (χ2v) is 6.58. The zero-order valence-corrected chi connectivity index (χ0v) is 15.5. The minimum atomic E-state index is -0.191. The van der Waals surface area contributed by atoms with Crippen LogP contribution in [-0.2, 0) is 11.3 Å². The number of hydrogen-bond acceptors (Lipinski definition) is 5.